The number of hydrogen-bond acceptors (Lipinski definition) is 0. The maximum Gasteiger partial charge on any atom is 0.460 e. The van der Waals surface area contributed by atoms with Crippen molar-refractivity contribution in [3.63, 3.8) is 0 Å². The van der Waals surface area contributed by atoms with E-state index in [9.17, 15) is 48.3 Å². The monoisotopic (exact) mass is 334 g/mol. The van der Waals surface area contributed by atoms with Crippen molar-refractivity contribution in [2.24, 2.45) is 0 Å². The Morgan fingerprint density at radius 2 is 0.789 bits per heavy atom. The fourth-order valence-electron chi connectivity index (χ4n) is 0.553. The fraction of sp³-hybridized carbons (Fsp3) is 1.00. The van der Waals surface area contributed by atoms with Gasteiger partial charge in [-0.25, -0.2) is 0 Å². The van der Waals surface area contributed by atoms with Crippen molar-refractivity contribution in [3.8, 4) is 0 Å². The third kappa shape index (κ3) is 3.34. The Labute approximate surface area is 104 Å². The van der Waals surface area contributed by atoms with Gasteiger partial charge in [0, 0.05) is 0 Å². The number of alkyl halides is 12. The molecule has 0 aliphatic heterocycles. The maximum atomic E-state index is 12.2. The summed E-state index contributed by atoms with van der Waals surface area (Å²) >= 11 is 3.40. The molecule has 0 radical (unpaired) electrons. The second kappa shape index (κ2) is 5.49. The Hall–Kier alpha value is -0.480. The summed E-state index contributed by atoms with van der Waals surface area (Å²) in [5, 5.41) is -6.29. The van der Waals surface area contributed by atoms with E-state index in [1.807, 2.05) is 13.8 Å². The molecule has 0 fully saturated rings. The first-order valence-electron chi connectivity index (χ1n) is 4.27. The first kappa shape index (κ1) is 20.8. The van der Waals surface area contributed by atoms with Crippen molar-refractivity contribution >= 4 is 11.6 Å². The van der Waals surface area contributed by atoms with Crippen LogP contribution < -0.4 is 0 Å². The van der Waals surface area contributed by atoms with Gasteiger partial charge in [0.1, 0.15) is 0 Å². The molecule has 118 valence electrons. The minimum atomic E-state index is -7.41. The Balaban J connectivity index is 0. The van der Waals surface area contributed by atoms with E-state index in [0.29, 0.717) is 0 Å². The van der Waals surface area contributed by atoms with E-state index in [1.54, 1.807) is 0 Å². The normalized spacial score (nSPS) is 14.8. The van der Waals surface area contributed by atoms with Gasteiger partial charge < -0.3 is 0 Å². The first-order chi connectivity index (χ1) is 8.00. The predicted octanol–water partition coefficient (Wildman–Crippen LogP) is 5.31. The smallest absolute Gasteiger partial charge is 0.192 e. The lowest BCUT2D eigenvalue weighted by molar-refractivity contribution is -0.413. The minimum absolute atomic E-state index is 2.00. The van der Waals surface area contributed by atoms with Crippen molar-refractivity contribution in [2.75, 3.05) is 0 Å². The van der Waals surface area contributed by atoms with Gasteiger partial charge in [0.2, 0.25) is 0 Å². The Kier molecular flexibility index (Phi) is 6.02. The van der Waals surface area contributed by atoms with Gasteiger partial charge in [-0.2, -0.15) is 48.3 Å². The van der Waals surface area contributed by atoms with Crippen molar-refractivity contribution in [1.82, 2.24) is 0 Å². The van der Waals surface area contributed by atoms with E-state index in [2.05, 4.69) is 11.6 Å². The van der Waals surface area contributed by atoms with E-state index < -0.39 is 29.3 Å². The van der Waals surface area contributed by atoms with Crippen LogP contribution in [0.25, 0.3) is 0 Å². The van der Waals surface area contributed by atoms with E-state index in [4.69, 9.17) is 0 Å². The van der Waals surface area contributed by atoms with E-state index >= 15 is 0 Å². The fourth-order valence-corrected chi connectivity index (χ4v) is 0.672. The summed E-state index contributed by atoms with van der Waals surface area (Å²) in [5.74, 6) is -21.9. The lowest BCUT2D eigenvalue weighted by Gasteiger charge is -2.34. The molecule has 0 atom stereocenters. The molecule has 0 saturated heterocycles. The molecule has 0 spiro atoms. The number of rotatable bonds is 3. The zero-order chi connectivity index (χ0) is 16.5. The van der Waals surface area contributed by atoms with Crippen LogP contribution in [0.5, 0.6) is 0 Å². The third-order valence-corrected chi connectivity index (χ3v) is 1.74. The Bertz CT molecular complexity index is 258. The third-order valence-electron chi connectivity index (χ3n) is 1.50. The summed E-state index contributed by atoms with van der Waals surface area (Å²) in [6.07, 6.45) is -7.15. The van der Waals surface area contributed by atoms with Crippen LogP contribution >= 0.6 is 11.6 Å². The van der Waals surface area contributed by atoms with Crippen LogP contribution in [0.2, 0.25) is 0 Å². The standard InChI is InChI=1S/C5ClF11.C2H6/c6-4(13,14)2(9,10)1(7,8)3(11,12)5(15,16)17;1-2/h;1-2H3. The highest BCUT2D eigenvalue weighted by molar-refractivity contribution is 6.22. The molecule has 19 heavy (non-hydrogen) atoms. The van der Waals surface area contributed by atoms with Gasteiger partial charge in [-0.1, -0.05) is 13.8 Å². The molecule has 0 heterocycles. The van der Waals surface area contributed by atoms with Gasteiger partial charge in [-0.15, -0.1) is 0 Å². The van der Waals surface area contributed by atoms with Crippen LogP contribution in [0.1, 0.15) is 13.8 Å². The predicted molar refractivity (Wildman–Crippen MR) is 43.0 cm³/mol. The summed E-state index contributed by atoms with van der Waals surface area (Å²) in [6.45, 7) is 4.00. The van der Waals surface area contributed by atoms with Crippen LogP contribution in [0.4, 0.5) is 48.3 Å². The van der Waals surface area contributed by atoms with Gasteiger partial charge in [0.15, 0.2) is 0 Å². The Morgan fingerprint density at radius 3 is 0.947 bits per heavy atom. The minimum Gasteiger partial charge on any atom is -0.192 e. The summed E-state index contributed by atoms with van der Waals surface area (Å²) in [7, 11) is 0. The molecule has 12 heteroatoms. The molecule has 0 aromatic carbocycles. The molecule has 0 saturated carbocycles. The first-order valence-corrected chi connectivity index (χ1v) is 4.65. The molecular formula is C7H6ClF11. The zero-order valence-corrected chi connectivity index (χ0v) is 9.79. The highest BCUT2D eigenvalue weighted by atomic mass is 35.5. The van der Waals surface area contributed by atoms with E-state index in [0.717, 1.165) is 0 Å². The van der Waals surface area contributed by atoms with Crippen LogP contribution in [-0.2, 0) is 0 Å². The van der Waals surface area contributed by atoms with E-state index in [-0.39, 0.29) is 0 Å². The molecule has 0 aromatic rings. The SMILES string of the molecule is CC.FC(F)(F)C(F)(F)C(F)(F)C(F)(F)C(F)(F)Cl. The zero-order valence-electron chi connectivity index (χ0n) is 9.04. The summed E-state index contributed by atoms with van der Waals surface area (Å²) in [6, 6.07) is 0. The molecule has 0 aliphatic carbocycles. The van der Waals surface area contributed by atoms with Gasteiger partial charge in [-0.3, -0.25) is 0 Å². The molecule has 0 N–H and O–H groups in total. The highest BCUT2D eigenvalue weighted by Crippen LogP contribution is 2.58. The van der Waals surface area contributed by atoms with Crippen molar-refractivity contribution in [1.29, 1.82) is 0 Å². The van der Waals surface area contributed by atoms with Gasteiger partial charge in [-0.05, 0) is 11.6 Å². The highest BCUT2D eigenvalue weighted by Gasteiger charge is 2.87. The van der Waals surface area contributed by atoms with Gasteiger partial charge >= 0.3 is 29.3 Å². The van der Waals surface area contributed by atoms with Crippen molar-refractivity contribution in [2.45, 2.75) is 43.2 Å². The summed E-state index contributed by atoms with van der Waals surface area (Å²) in [4.78, 5) is 0. The van der Waals surface area contributed by atoms with Crippen LogP contribution in [0.15, 0.2) is 0 Å². The second-order valence-electron chi connectivity index (χ2n) is 2.72. The van der Waals surface area contributed by atoms with Crippen LogP contribution in [-0.4, -0.2) is 29.3 Å². The van der Waals surface area contributed by atoms with E-state index in [1.165, 1.54) is 0 Å². The second-order valence-corrected chi connectivity index (χ2v) is 3.19. The molecule has 0 bridgehead atoms. The molecule has 0 aromatic heterocycles. The Morgan fingerprint density at radius 1 is 0.526 bits per heavy atom. The number of halogens is 12. The van der Waals surface area contributed by atoms with Crippen LogP contribution in [0.3, 0.4) is 0 Å². The molecule has 0 unspecified atom stereocenters. The molecule has 0 amide bonds. The molecular weight excluding hydrogens is 329 g/mol. The molecule has 0 aliphatic rings. The lowest BCUT2D eigenvalue weighted by Crippen LogP contribution is -2.65. The van der Waals surface area contributed by atoms with Crippen molar-refractivity contribution < 1.29 is 48.3 Å². The lowest BCUT2D eigenvalue weighted by atomic mass is 10.0. The molecule has 0 nitrogen and oxygen atoms in total. The average Bonchev–Trinajstić information content (AvgIpc) is 2.16. The topological polar surface area (TPSA) is 0 Å². The summed E-state index contributed by atoms with van der Waals surface area (Å²) < 4.78 is 130. The van der Waals surface area contributed by atoms with Crippen LogP contribution in [0, 0.1) is 0 Å². The molecule has 0 rings (SSSR count). The van der Waals surface area contributed by atoms with Gasteiger partial charge in [0.25, 0.3) is 0 Å². The summed E-state index contributed by atoms with van der Waals surface area (Å²) in [5.41, 5.74) is 0. The van der Waals surface area contributed by atoms with Crippen molar-refractivity contribution in [3.05, 3.63) is 0 Å². The number of hydrogen-bond donors (Lipinski definition) is 0. The maximum absolute atomic E-state index is 12.2. The largest absolute Gasteiger partial charge is 0.460 e. The quantitative estimate of drug-likeness (QED) is 0.484. The average molecular weight is 335 g/mol. The van der Waals surface area contributed by atoms with Gasteiger partial charge in [0.05, 0.1) is 0 Å².